The Labute approximate surface area is 118 Å². The van der Waals surface area contributed by atoms with Crippen molar-refractivity contribution < 1.29 is 0 Å². The van der Waals surface area contributed by atoms with Crippen LogP contribution in [0.15, 0.2) is 28.7 Å². The highest BCUT2D eigenvalue weighted by molar-refractivity contribution is 9.10. The maximum atomic E-state index is 5.76. The SMILES string of the molecule is CC1CN(C)CC(CCN)N1c1ccc(Br)cc1. The third-order valence-corrected chi connectivity index (χ3v) is 4.12. The third-order valence-electron chi connectivity index (χ3n) is 3.59. The fourth-order valence-corrected chi connectivity index (χ4v) is 3.19. The van der Waals surface area contributed by atoms with Gasteiger partial charge in [-0.25, -0.2) is 0 Å². The van der Waals surface area contributed by atoms with Crippen molar-refractivity contribution in [2.24, 2.45) is 5.73 Å². The van der Waals surface area contributed by atoms with E-state index in [1.165, 1.54) is 5.69 Å². The Kier molecular flexibility index (Phi) is 4.65. The summed E-state index contributed by atoms with van der Waals surface area (Å²) < 4.78 is 1.13. The van der Waals surface area contributed by atoms with Crippen molar-refractivity contribution in [2.45, 2.75) is 25.4 Å². The monoisotopic (exact) mass is 311 g/mol. The van der Waals surface area contributed by atoms with Gasteiger partial charge in [0.05, 0.1) is 0 Å². The smallest absolute Gasteiger partial charge is 0.0432 e. The molecule has 1 fully saturated rings. The fraction of sp³-hybridized carbons (Fsp3) is 0.571. The normalized spacial score (nSPS) is 25.4. The summed E-state index contributed by atoms with van der Waals surface area (Å²) in [6.07, 6.45) is 1.05. The molecule has 1 aromatic carbocycles. The Bertz CT molecular complexity index is 379. The maximum Gasteiger partial charge on any atom is 0.0432 e. The van der Waals surface area contributed by atoms with Crippen LogP contribution in [-0.4, -0.2) is 43.7 Å². The standard InChI is InChI=1S/C14H22BrN3/c1-11-9-17(2)10-14(7-8-16)18(11)13-5-3-12(15)4-6-13/h3-6,11,14H,7-10,16H2,1-2H3. The number of likely N-dealkylation sites (N-methyl/N-ethyl adjacent to an activating group) is 1. The molecule has 1 heterocycles. The lowest BCUT2D eigenvalue weighted by Gasteiger charge is -2.46. The van der Waals surface area contributed by atoms with Gasteiger partial charge in [-0.1, -0.05) is 15.9 Å². The fourth-order valence-electron chi connectivity index (χ4n) is 2.92. The summed E-state index contributed by atoms with van der Waals surface area (Å²) in [6.45, 7) is 5.24. The van der Waals surface area contributed by atoms with Gasteiger partial charge >= 0.3 is 0 Å². The second-order valence-corrected chi connectivity index (χ2v) is 6.10. The summed E-state index contributed by atoms with van der Waals surface area (Å²) in [7, 11) is 2.19. The second-order valence-electron chi connectivity index (χ2n) is 5.19. The Morgan fingerprint density at radius 1 is 1.28 bits per heavy atom. The van der Waals surface area contributed by atoms with Crippen LogP contribution in [0.1, 0.15) is 13.3 Å². The predicted octanol–water partition coefficient (Wildman–Crippen LogP) is 2.31. The number of hydrogen-bond donors (Lipinski definition) is 1. The van der Waals surface area contributed by atoms with Crippen LogP contribution in [-0.2, 0) is 0 Å². The molecule has 0 amide bonds. The summed E-state index contributed by atoms with van der Waals surface area (Å²) in [5.74, 6) is 0. The summed E-state index contributed by atoms with van der Waals surface area (Å²) in [5, 5.41) is 0. The molecule has 0 saturated carbocycles. The molecule has 1 aromatic rings. The topological polar surface area (TPSA) is 32.5 Å². The van der Waals surface area contributed by atoms with Gasteiger partial charge in [0.15, 0.2) is 0 Å². The highest BCUT2D eigenvalue weighted by atomic mass is 79.9. The average Bonchev–Trinajstić information content (AvgIpc) is 2.31. The molecule has 2 unspecified atom stereocenters. The molecule has 0 aromatic heterocycles. The maximum absolute atomic E-state index is 5.76. The lowest BCUT2D eigenvalue weighted by molar-refractivity contribution is 0.227. The van der Waals surface area contributed by atoms with Crippen molar-refractivity contribution in [3.05, 3.63) is 28.7 Å². The van der Waals surface area contributed by atoms with Crippen molar-refractivity contribution in [3.8, 4) is 0 Å². The molecule has 2 N–H and O–H groups in total. The minimum Gasteiger partial charge on any atom is -0.363 e. The van der Waals surface area contributed by atoms with E-state index < -0.39 is 0 Å². The zero-order valence-corrected chi connectivity index (χ0v) is 12.7. The number of nitrogens with two attached hydrogens (primary N) is 1. The number of piperazine rings is 1. The predicted molar refractivity (Wildman–Crippen MR) is 81.0 cm³/mol. The van der Waals surface area contributed by atoms with Crippen LogP contribution >= 0.6 is 15.9 Å². The number of nitrogens with zero attached hydrogens (tertiary/aromatic N) is 2. The van der Waals surface area contributed by atoms with Crippen LogP contribution in [0.4, 0.5) is 5.69 Å². The molecule has 0 bridgehead atoms. The molecular weight excluding hydrogens is 290 g/mol. The summed E-state index contributed by atoms with van der Waals surface area (Å²) in [6, 6.07) is 9.65. The number of rotatable bonds is 3. The van der Waals surface area contributed by atoms with E-state index in [2.05, 4.69) is 64.0 Å². The molecule has 1 saturated heterocycles. The van der Waals surface area contributed by atoms with Crippen molar-refractivity contribution in [2.75, 3.05) is 31.6 Å². The van der Waals surface area contributed by atoms with Crippen LogP contribution in [0.2, 0.25) is 0 Å². The number of benzene rings is 1. The van der Waals surface area contributed by atoms with E-state index in [0.29, 0.717) is 12.1 Å². The van der Waals surface area contributed by atoms with Crippen LogP contribution in [0.3, 0.4) is 0 Å². The van der Waals surface area contributed by atoms with E-state index in [1.54, 1.807) is 0 Å². The van der Waals surface area contributed by atoms with E-state index in [0.717, 1.165) is 30.5 Å². The summed E-state index contributed by atoms with van der Waals surface area (Å²) >= 11 is 3.49. The van der Waals surface area contributed by atoms with E-state index >= 15 is 0 Å². The van der Waals surface area contributed by atoms with E-state index in [-0.39, 0.29) is 0 Å². The molecule has 18 heavy (non-hydrogen) atoms. The van der Waals surface area contributed by atoms with Gasteiger partial charge in [-0.2, -0.15) is 0 Å². The van der Waals surface area contributed by atoms with Crippen LogP contribution in [0, 0.1) is 0 Å². The lowest BCUT2D eigenvalue weighted by atomic mass is 10.0. The first-order chi connectivity index (χ1) is 8.61. The van der Waals surface area contributed by atoms with E-state index in [1.807, 2.05) is 0 Å². The first-order valence-corrected chi connectivity index (χ1v) is 7.33. The highest BCUT2D eigenvalue weighted by Gasteiger charge is 2.29. The molecule has 2 atom stereocenters. The second kappa shape index (κ2) is 6.04. The van der Waals surface area contributed by atoms with Crippen molar-refractivity contribution in [1.82, 2.24) is 4.90 Å². The van der Waals surface area contributed by atoms with Crippen LogP contribution in [0.25, 0.3) is 0 Å². The first kappa shape index (κ1) is 13.8. The molecule has 3 nitrogen and oxygen atoms in total. The van der Waals surface area contributed by atoms with Gasteiger partial charge in [-0.05, 0) is 51.2 Å². The minimum atomic E-state index is 0.518. The third kappa shape index (κ3) is 3.05. The van der Waals surface area contributed by atoms with Crippen LogP contribution in [0.5, 0.6) is 0 Å². The number of hydrogen-bond acceptors (Lipinski definition) is 3. The van der Waals surface area contributed by atoms with Gasteiger partial charge in [0.1, 0.15) is 0 Å². The Balaban J connectivity index is 2.23. The Hall–Kier alpha value is -0.580. The number of anilines is 1. The Morgan fingerprint density at radius 3 is 2.56 bits per heavy atom. The molecule has 0 radical (unpaired) electrons. The van der Waals surface area contributed by atoms with E-state index in [4.69, 9.17) is 5.73 Å². The molecule has 0 spiro atoms. The van der Waals surface area contributed by atoms with Gasteiger partial charge < -0.3 is 15.5 Å². The van der Waals surface area contributed by atoms with Gasteiger partial charge in [-0.15, -0.1) is 0 Å². The summed E-state index contributed by atoms with van der Waals surface area (Å²) in [4.78, 5) is 4.93. The molecular formula is C14H22BrN3. The quantitative estimate of drug-likeness (QED) is 0.929. The van der Waals surface area contributed by atoms with Gasteiger partial charge in [0.25, 0.3) is 0 Å². The van der Waals surface area contributed by atoms with Crippen molar-refractivity contribution in [1.29, 1.82) is 0 Å². The molecule has 100 valence electrons. The minimum absolute atomic E-state index is 0.518. The first-order valence-electron chi connectivity index (χ1n) is 6.54. The average molecular weight is 312 g/mol. The zero-order valence-electron chi connectivity index (χ0n) is 11.1. The van der Waals surface area contributed by atoms with Gasteiger partial charge in [-0.3, -0.25) is 0 Å². The molecule has 4 heteroatoms. The molecule has 1 aliphatic rings. The molecule has 0 aliphatic carbocycles. The Morgan fingerprint density at radius 2 is 1.94 bits per heavy atom. The zero-order chi connectivity index (χ0) is 13.1. The van der Waals surface area contributed by atoms with Gasteiger partial charge in [0.2, 0.25) is 0 Å². The van der Waals surface area contributed by atoms with Gasteiger partial charge in [0, 0.05) is 35.3 Å². The summed E-state index contributed by atoms with van der Waals surface area (Å²) in [5.41, 5.74) is 7.06. The van der Waals surface area contributed by atoms with E-state index in [9.17, 15) is 0 Å². The number of halogens is 1. The van der Waals surface area contributed by atoms with Crippen LogP contribution < -0.4 is 10.6 Å². The highest BCUT2D eigenvalue weighted by Crippen LogP contribution is 2.26. The van der Waals surface area contributed by atoms with Crippen molar-refractivity contribution >= 4 is 21.6 Å². The van der Waals surface area contributed by atoms with Crippen molar-refractivity contribution in [3.63, 3.8) is 0 Å². The largest absolute Gasteiger partial charge is 0.363 e. The molecule has 2 rings (SSSR count). The molecule has 1 aliphatic heterocycles. The lowest BCUT2D eigenvalue weighted by Crippen LogP contribution is -2.57.